The van der Waals surface area contributed by atoms with Gasteiger partial charge >= 0.3 is 0 Å². The van der Waals surface area contributed by atoms with Gasteiger partial charge in [-0.3, -0.25) is 0 Å². The van der Waals surface area contributed by atoms with E-state index in [1.807, 2.05) is 6.20 Å². The van der Waals surface area contributed by atoms with Crippen LogP contribution in [0.25, 0.3) is 0 Å². The van der Waals surface area contributed by atoms with Crippen LogP contribution < -0.4 is 10.2 Å². The number of pyridine rings is 1. The number of rotatable bonds is 5. The lowest BCUT2D eigenvalue weighted by molar-refractivity contribution is 0.513. The Morgan fingerprint density at radius 2 is 2.21 bits per heavy atom. The Morgan fingerprint density at radius 1 is 1.42 bits per heavy atom. The van der Waals surface area contributed by atoms with Gasteiger partial charge in [-0.15, -0.1) is 0 Å². The van der Waals surface area contributed by atoms with Crippen LogP contribution in [0, 0.1) is 0 Å². The van der Waals surface area contributed by atoms with Crippen molar-refractivity contribution in [2.75, 3.05) is 18.0 Å². The molecule has 2 heterocycles. The zero-order valence-corrected chi connectivity index (χ0v) is 12.7. The van der Waals surface area contributed by atoms with Gasteiger partial charge in [-0.05, 0) is 58.2 Å². The smallest absolute Gasteiger partial charge is 0.128 e. The van der Waals surface area contributed by atoms with E-state index in [1.54, 1.807) is 0 Å². The number of hydrogen-bond donors (Lipinski definition) is 1. The van der Waals surface area contributed by atoms with E-state index in [4.69, 9.17) is 0 Å². The second-order valence-electron chi connectivity index (χ2n) is 6.19. The number of nitrogens with zero attached hydrogens (tertiary/aromatic N) is 2. The minimum Gasteiger partial charge on any atom is -0.352 e. The lowest BCUT2D eigenvalue weighted by Crippen LogP contribution is -2.38. The maximum atomic E-state index is 4.67. The third-order valence-electron chi connectivity index (χ3n) is 4.15. The molecule has 0 bridgehead atoms. The standard InChI is InChI=1S/C16H27N3/c1-5-10-17-13(2)14-7-8-15(18-12-14)19-11-6-9-16(19,3)4/h7-8,12-13,17H,5-6,9-11H2,1-4H3. The second kappa shape index (κ2) is 5.91. The molecule has 1 aliphatic rings. The average molecular weight is 261 g/mol. The molecular formula is C16H27N3. The van der Waals surface area contributed by atoms with Crippen molar-refractivity contribution in [2.45, 2.75) is 58.5 Å². The van der Waals surface area contributed by atoms with E-state index in [2.05, 4.69) is 55.0 Å². The van der Waals surface area contributed by atoms with Gasteiger partial charge in [-0.1, -0.05) is 13.0 Å². The molecule has 3 heteroatoms. The van der Waals surface area contributed by atoms with Gasteiger partial charge in [-0.25, -0.2) is 4.98 Å². The number of aromatic nitrogens is 1. The fourth-order valence-electron chi connectivity index (χ4n) is 2.82. The van der Waals surface area contributed by atoms with Gasteiger partial charge < -0.3 is 10.2 Å². The molecule has 19 heavy (non-hydrogen) atoms. The Morgan fingerprint density at radius 3 is 2.74 bits per heavy atom. The SMILES string of the molecule is CCCNC(C)c1ccc(N2CCCC2(C)C)nc1. The van der Waals surface area contributed by atoms with Crippen molar-refractivity contribution in [2.24, 2.45) is 0 Å². The van der Waals surface area contributed by atoms with Crippen molar-refractivity contribution in [3.8, 4) is 0 Å². The largest absolute Gasteiger partial charge is 0.352 e. The molecule has 1 fully saturated rings. The van der Waals surface area contributed by atoms with E-state index < -0.39 is 0 Å². The maximum Gasteiger partial charge on any atom is 0.128 e. The molecule has 1 aromatic heterocycles. The number of hydrogen-bond acceptors (Lipinski definition) is 3. The van der Waals surface area contributed by atoms with Crippen molar-refractivity contribution in [1.29, 1.82) is 0 Å². The molecule has 1 unspecified atom stereocenters. The Balaban J connectivity index is 2.06. The van der Waals surface area contributed by atoms with Crippen LogP contribution in [0.3, 0.4) is 0 Å². The van der Waals surface area contributed by atoms with Crippen molar-refractivity contribution in [3.63, 3.8) is 0 Å². The van der Waals surface area contributed by atoms with E-state index in [0.717, 1.165) is 25.3 Å². The van der Waals surface area contributed by atoms with E-state index in [9.17, 15) is 0 Å². The molecule has 1 N–H and O–H groups in total. The first-order valence-corrected chi connectivity index (χ1v) is 7.51. The second-order valence-corrected chi connectivity index (χ2v) is 6.19. The lowest BCUT2D eigenvalue weighted by atomic mass is 10.0. The minimum absolute atomic E-state index is 0.251. The summed E-state index contributed by atoms with van der Waals surface area (Å²) in [7, 11) is 0. The Bertz CT molecular complexity index is 397. The van der Waals surface area contributed by atoms with E-state index in [-0.39, 0.29) is 5.54 Å². The molecule has 3 nitrogen and oxygen atoms in total. The van der Waals surface area contributed by atoms with Gasteiger partial charge in [0.1, 0.15) is 5.82 Å². The highest BCUT2D eigenvalue weighted by molar-refractivity contribution is 5.44. The third kappa shape index (κ3) is 3.27. The van der Waals surface area contributed by atoms with E-state index in [1.165, 1.54) is 18.4 Å². The molecule has 1 atom stereocenters. The van der Waals surface area contributed by atoms with Crippen LogP contribution in [0.2, 0.25) is 0 Å². The Labute approximate surface area is 117 Å². The van der Waals surface area contributed by atoms with Crippen molar-refractivity contribution >= 4 is 5.82 Å². The molecule has 1 aliphatic heterocycles. The Hall–Kier alpha value is -1.09. The first-order chi connectivity index (χ1) is 9.04. The average Bonchev–Trinajstić information content (AvgIpc) is 2.76. The van der Waals surface area contributed by atoms with E-state index >= 15 is 0 Å². The van der Waals surface area contributed by atoms with Crippen molar-refractivity contribution in [3.05, 3.63) is 23.9 Å². The van der Waals surface area contributed by atoms with Crippen LogP contribution in [0.5, 0.6) is 0 Å². The molecule has 0 aromatic carbocycles. The molecule has 1 aromatic rings. The summed E-state index contributed by atoms with van der Waals surface area (Å²) in [6, 6.07) is 4.77. The summed E-state index contributed by atoms with van der Waals surface area (Å²) in [5, 5.41) is 3.50. The quantitative estimate of drug-likeness (QED) is 0.879. The fraction of sp³-hybridized carbons (Fsp3) is 0.688. The highest BCUT2D eigenvalue weighted by atomic mass is 15.3. The maximum absolute atomic E-state index is 4.67. The lowest BCUT2D eigenvalue weighted by Gasteiger charge is -2.32. The minimum atomic E-state index is 0.251. The molecule has 0 aliphatic carbocycles. The molecule has 0 radical (unpaired) electrons. The normalized spacial score (nSPS) is 19.7. The highest BCUT2D eigenvalue weighted by Gasteiger charge is 2.32. The van der Waals surface area contributed by atoms with Crippen LogP contribution in [-0.4, -0.2) is 23.6 Å². The van der Waals surface area contributed by atoms with Crippen LogP contribution in [-0.2, 0) is 0 Å². The van der Waals surface area contributed by atoms with Crippen LogP contribution in [0.4, 0.5) is 5.82 Å². The summed E-state index contributed by atoms with van der Waals surface area (Å²) < 4.78 is 0. The molecule has 0 amide bonds. The Kier molecular flexibility index (Phi) is 4.46. The van der Waals surface area contributed by atoms with Crippen LogP contribution >= 0.6 is 0 Å². The summed E-state index contributed by atoms with van der Waals surface area (Å²) >= 11 is 0. The van der Waals surface area contributed by atoms with E-state index in [0.29, 0.717) is 6.04 Å². The van der Waals surface area contributed by atoms with Gasteiger partial charge in [-0.2, -0.15) is 0 Å². The van der Waals surface area contributed by atoms with Crippen LogP contribution in [0.15, 0.2) is 18.3 Å². The number of nitrogens with one attached hydrogen (secondary N) is 1. The summed E-state index contributed by atoms with van der Waals surface area (Å²) in [5.74, 6) is 1.12. The first kappa shape index (κ1) is 14.3. The summed E-state index contributed by atoms with van der Waals surface area (Å²) in [6.45, 7) is 11.2. The molecule has 0 spiro atoms. The van der Waals surface area contributed by atoms with Crippen LogP contribution in [0.1, 0.15) is 58.6 Å². The van der Waals surface area contributed by atoms with Crippen molar-refractivity contribution in [1.82, 2.24) is 10.3 Å². The first-order valence-electron chi connectivity index (χ1n) is 7.51. The predicted molar refractivity (Wildman–Crippen MR) is 81.6 cm³/mol. The van der Waals surface area contributed by atoms with Gasteiger partial charge in [0.05, 0.1) is 0 Å². The molecule has 106 valence electrons. The van der Waals surface area contributed by atoms with Crippen molar-refractivity contribution < 1.29 is 0 Å². The van der Waals surface area contributed by atoms with Gasteiger partial charge in [0.15, 0.2) is 0 Å². The summed E-state index contributed by atoms with van der Waals surface area (Å²) in [6.07, 6.45) is 5.71. The molecular weight excluding hydrogens is 234 g/mol. The zero-order valence-electron chi connectivity index (χ0n) is 12.7. The third-order valence-corrected chi connectivity index (χ3v) is 4.15. The fourth-order valence-corrected chi connectivity index (χ4v) is 2.82. The predicted octanol–water partition coefficient (Wildman–Crippen LogP) is 3.52. The molecule has 1 saturated heterocycles. The highest BCUT2D eigenvalue weighted by Crippen LogP contribution is 2.32. The zero-order chi connectivity index (χ0) is 13.9. The monoisotopic (exact) mass is 261 g/mol. The summed E-state index contributed by atoms with van der Waals surface area (Å²) in [5.41, 5.74) is 1.52. The topological polar surface area (TPSA) is 28.2 Å². The summed E-state index contributed by atoms with van der Waals surface area (Å²) in [4.78, 5) is 7.10. The number of anilines is 1. The van der Waals surface area contributed by atoms with Gasteiger partial charge in [0.2, 0.25) is 0 Å². The van der Waals surface area contributed by atoms with Gasteiger partial charge in [0.25, 0.3) is 0 Å². The van der Waals surface area contributed by atoms with Gasteiger partial charge in [0, 0.05) is 24.3 Å². The molecule has 2 rings (SSSR count). The molecule has 0 saturated carbocycles.